The minimum atomic E-state index is 0. The molecule has 0 saturated carbocycles. The Labute approximate surface area is 91.2 Å². The number of hydrogen-bond acceptors (Lipinski definition) is 0. The summed E-state index contributed by atoms with van der Waals surface area (Å²) in [5.74, 6) is 0. The van der Waals surface area contributed by atoms with Crippen LogP contribution in [0, 0.1) is 0 Å². The van der Waals surface area contributed by atoms with Crippen molar-refractivity contribution >= 4 is 87.9 Å². The van der Waals surface area contributed by atoms with Gasteiger partial charge in [-0.2, -0.15) is 0 Å². The van der Waals surface area contributed by atoms with Crippen molar-refractivity contribution < 1.29 is 5.48 Å². The van der Waals surface area contributed by atoms with E-state index in [0.717, 1.165) is 0 Å². The quantitative estimate of drug-likeness (QED) is 0.340. The molecule has 1 nitrogen and oxygen atoms in total. The van der Waals surface area contributed by atoms with Gasteiger partial charge in [0.2, 0.25) is 0 Å². The second-order valence-corrected chi connectivity index (χ2v) is 0. The standard InChI is InChI=1S/2Ca.ClH.H2O.4H/h;;1H;1H2;;;;. The van der Waals surface area contributed by atoms with Crippen LogP contribution in [-0.4, -0.2) is 81.0 Å². The summed E-state index contributed by atoms with van der Waals surface area (Å²) in [6.07, 6.45) is 0. The number of halogens is 1. The van der Waals surface area contributed by atoms with Gasteiger partial charge in [0, 0.05) is 0 Å². The molecule has 0 aromatic heterocycles. The van der Waals surface area contributed by atoms with Crippen molar-refractivity contribution in [1.29, 1.82) is 0 Å². The third-order valence-electron chi connectivity index (χ3n) is 0. The molecule has 0 saturated heterocycles. The van der Waals surface area contributed by atoms with E-state index < -0.39 is 0 Å². The summed E-state index contributed by atoms with van der Waals surface area (Å²) < 4.78 is 0. The predicted molar refractivity (Wildman–Crippen MR) is 27.9 cm³/mol. The van der Waals surface area contributed by atoms with Gasteiger partial charge < -0.3 is 5.48 Å². The second kappa shape index (κ2) is 17.1. The van der Waals surface area contributed by atoms with Crippen LogP contribution in [0.1, 0.15) is 0 Å². The van der Waals surface area contributed by atoms with E-state index in [1.54, 1.807) is 0 Å². The van der Waals surface area contributed by atoms with Crippen molar-refractivity contribution in [2.75, 3.05) is 0 Å². The Bertz CT molecular complexity index is 6.00. The van der Waals surface area contributed by atoms with Crippen LogP contribution in [0.3, 0.4) is 0 Å². The van der Waals surface area contributed by atoms with E-state index in [0.29, 0.717) is 0 Å². The van der Waals surface area contributed by atoms with Crippen LogP contribution < -0.4 is 0 Å². The normalized spacial score (nSPS) is 0. The van der Waals surface area contributed by atoms with Crippen LogP contribution in [0.2, 0.25) is 0 Å². The van der Waals surface area contributed by atoms with Gasteiger partial charge in [-0.25, -0.2) is 0 Å². The predicted octanol–water partition coefficient (Wildman–Crippen LogP) is -2.24. The molecule has 0 aliphatic heterocycles. The molecule has 0 amide bonds. The summed E-state index contributed by atoms with van der Waals surface area (Å²) in [7, 11) is 0. The molecule has 4 heteroatoms. The monoisotopic (exact) mass is 138 g/mol. The van der Waals surface area contributed by atoms with Crippen LogP contribution >= 0.6 is 12.4 Å². The first-order chi connectivity index (χ1) is 0. The molecule has 0 spiro atoms. The van der Waals surface area contributed by atoms with Crippen LogP contribution in [0.25, 0.3) is 0 Å². The zero-order chi connectivity index (χ0) is 0. The third-order valence-corrected chi connectivity index (χ3v) is 0. The Balaban J connectivity index is 0. The maximum absolute atomic E-state index is 0. The van der Waals surface area contributed by atoms with Gasteiger partial charge in [0.15, 0.2) is 0 Å². The van der Waals surface area contributed by atoms with Crippen molar-refractivity contribution in [3.05, 3.63) is 0 Å². The van der Waals surface area contributed by atoms with Gasteiger partial charge in [-0.1, -0.05) is 0 Å². The summed E-state index contributed by atoms with van der Waals surface area (Å²) >= 11 is 0. The van der Waals surface area contributed by atoms with Gasteiger partial charge in [-0.15, -0.1) is 12.4 Å². The van der Waals surface area contributed by atoms with E-state index in [-0.39, 0.29) is 93.4 Å². The molecule has 0 unspecified atom stereocenters. The molecule has 0 aromatic carbocycles. The van der Waals surface area contributed by atoms with E-state index in [2.05, 4.69) is 0 Å². The van der Waals surface area contributed by atoms with Crippen molar-refractivity contribution in [3.8, 4) is 0 Å². The molecule has 0 aromatic rings. The van der Waals surface area contributed by atoms with Gasteiger partial charge in [-0.3, -0.25) is 0 Å². The summed E-state index contributed by atoms with van der Waals surface area (Å²) in [4.78, 5) is 0. The van der Waals surface area contributed by atoms with Crippen LogP contribution in [0.5, 0.6) is 0 Å². The van der Waals surface area contributed by atoms with Gasteiger partial charge in [-0.05, 0) is 0 Å². The summed E-state index contributed by atoms with van der Waals surface area (Å²) in [6.45, 7) is 0. The van der Waals surface area contributed by atoms with E-state index in [4.69, 9.17) is 0 Å². The molecule has 0 radical (unpaired) electrons. The fraction of sp³-hybridized carbons (Fsp3) is 0. The zero-order valence-corrected chi connectivity index (χ0v) is 1.72. The number of hydrogen-bond donors (Lipinski definition) is 0. The molecule has 2 N–H and O–H groups in total. The Hall–Kier alpha value is 2.77. The molecule has 0 bridgehead atoms. The van der Waals surface area contributed by atoms with Crippen LogP contribution in [-0.2, 0) is 0 Å². The van der Waals surface area contributed by atoms with Gasteiger partial charge in [0.1, 0.15) is 0 Å². The number of rotatable bonds is 0. The van der Waals surface area contributed by atoms with E-state index in [1.807, 2.05) is 0 Å². The Kier molecular flexibility index (Phi) is 126. The Morgan fingerprint density at radius 3 is 0.750 bits per heavy atom. The Morgan fingerprint density at radius 1 is 0.750 bits per heavy atom. The topological polar surface area (TPSA) is 31.5 Å². The SMILES string of the molecule is Cl.O.[CaH2].[CaH2]. The van der Waals surface area contributed by atoms with Crippen LogP contribution in [0.4, 0.5) is 0 Å². The van der Waals surface area contributed by atoms with E-state index in [1.165, 1.54) is 0 Å². The van der Waals surface area contributed by atoms with Crippen molar-refractivity contribution in [3.63, 3.8) is 0 Å². The molecule has 0 fully saturated rings. The summed E-state index contributed by atoms with van der Waals surface area (Å²) in [5, 5.41) is 0. The minimum absolute atomic E-state index is 0. The van der Waals surface area contributed by atoms with Gasteiger partial charge in [0.25, 0.3) is 0 Å². The molecule has 0 aliphatic rings. The maximum atomic E-state index is 0. The van der Waals surface area contributed by atoms with Crippen molar-refractivity contribution in [2.45, 2.75) is 0 Å². The molecule has 0 atom stereocenters. The first kappa shape index (κ1) is 29.4. The van der Waals surface area contributed by atoms with Crippen molar-refractivity contribution in [1.82, 2.24) is 0 Å². The first-order valence-corrected chi connectivity index (χ1v) is 0. The fourth-order valence-electron chi connectivity index (χ4n) is 0. The zero-order valence-electron chi connectivity index (χ0n) is 0.908. The molecule has 0 aliphatic carbocycles. The summed E-state index contributed by atoms with van der Waals surface area (Å²) in [5.41, 5.74) is 0. The van der Waals surface area contributed by atoms with Gasteiger partial charge in [0.05, 0.1) is 0 Å². The molecule has 0 heterocycles. The van der Waals surface area contributed by atoms with Crippen molar-refractivity contribution in [2.24, 2.45) is 0 Å². The first-order valence-electron chi connectivity index (χ1n) is 0. The second-order valence-electron chi connectivity index (χ2n) is 0. The fourth-order valence-corrected chi connectivity index (χ4v) is 0. The van der Waals surface area contributed by atoms with Gasteiger partial charge >= 0.3 is 75.5 Å². The third kappa shape index (κ3) is 8.84. The summed E-state index contributed by atoms with van der Waals surface area (Å²) in [6, 6.07) is 0. The van der Waals surface area contributed by atoms with E-state index >= 15 is 0 Å². The average molecular weight is 139 g/mol. The molecular formula is H7Ca2ClO. The molecular weight excluding hydrogens is 132 g/mol. The molecule has 4 heavy (non-hydrogen) atoms. The Morgan fingerprint density at radius 2 is 0.750 bits per heavy atom. The van der Waals surface area contributed by atoms with E-state index in [9.17, 15) is 0 Å². The van der Waals surface area contributed by atoms with Crippen LogP contribution in [0.15, 0.2) is 0 Å². The molecule has 24 valence electrons. The average Bonchev–Trinajstić information content (AvgIpc) is 0. The molecule has 0 rings (SSSR count).